The van der Waals surface area contributed by atoms with Crippen molar-refractivity contribution >= 4 is 45.0 Å². The van der Waals surface area contributed by atoms with Gasteiger partial charge in [-0.05, 0) is 84.7 Å². The quantitative estimate of drug-likeness (QED) is 0.236. The second-order valence-corrected chi connectivity index (χ2v) is 13.8. The number of amides is 2. The smallest absolute Gasteiger partial charge is 0.407 e. The van der Waals surface area contributed by atoms with Crippen molar-refractivity contribution in [3.63, 3.8) is 0 Å². The third-order valence-corrected chi connectivity index (χ3v) is 9.05. The molecule has 0 bridgehead atoms. The Hall–Kier alpha value is -3.46. The van der Waals surface area contributed by atoms with Gasteiger partial charge in [0.15, 0.2) is 5.65 Å². The van der Waals surface area contributed by atoms with E-state index in [4.69, 9.17) is 9.47 Å². The van der Waals surface area contributed by atoms with Gasteiger partial charge in [-0.3, -0.25) is 4.57 Å². The molecule has 15 heteroatoms. The fourth-order valence-electron chi connectivity index (χ4n) is 5.24. The van der Waals surface area contributed by atoms with Gasteiger partial charge in [-0.15, -0.1) is 0 Å². The van der Waals surface area contributed by atoms with Crippen molar-refractivity contribution < 1.29 is 32.3 Å². The number of hydrogen-bond donors (Lipinski definition) is 3. The molecule has 3 N–H and O–H groups in total. The van der Waals surface area contributed by atoms with Gasteiger partial charge in [-0.1, -0.05) is 0 Å². The second-order valence-electron chi connectivity index (χ2n) is 11.8. The Morgan fingerprint density at radius 2 is 1.84 bits per heavy atom. The van der Waals surface area contributed by atoms with Crippen LogP contribution < -0.4 is 20.3 Å². The predicted molar refractivity (Wildman–Crippen MR) is 162 cm³/mol. The summed E-state index contributed by atoms with van der Waals surface area (Å²) in [4.78, 5) is 48.4. The first-order chi connectivity index (χ1) is 20.2. The third kappa shape index (κ3) is 9.78. The van der Waals surface area contributed by atoms with E-state index in [1.165, 1.54) is 25.1 Å². The van der Waals surface area contributed by atoms with Crippen LogP contribution in [0.25, 0.3) is 11.0 Å². The van der Waals surface area contributed by atoms with Crippen LogP contribution in [-0.4, -0.2) is 92.2 Å². The van der Waals surface area contributed by atoms with Crippen LogP contribution in [0.3, 0.4) is 0 Å². The Morgan fingerprint density at radius 3 is 2.47 bits per heavy atom. The van der Waals surface area contributed by atoms with Gasteiger partial charge in [-0.2, -0.15) is 0 Å². The number of methoxy groups -OCH3 is 1. The largest absolute Gasteiger partial charge is 0.467 e. The average molecular weight is 624 g/mol. The number of aromatic nitrogens is 3. The summed E-state index contributed by atoms with van der Waals surface area (Å²) in [7, 11) is 1.39. The standard InChI is InChI=1S/C28H45N7O7S/c1-28(2,3)42-27(38)30-15-8-7-9-22(25(36)41-6)33-26(37)35-16-14-21-23(31-18-32-24(21)35)34(5)20-12-10-19(11-13-20)17-43(39,40)29-4/h14,16,18-20,22,29H,7-13,15,17H2,1-6H3,(H,30,38)(H,33,37)/t19?,20?,22-/m0/s1. The number of rotatable bonds is 12. The molecule has 1 aliphatic rings. The lowest BCUT2D eigenvalue weighted by atomic mass is 9.86. The maximum atomic E-state index is 13.3. The Kier molecular flexibility index (Phi) is 11.7. The summed E-state index contributed by atoms with van der Waals surface area (Å²) in [5.41, 5.74) is -0.194. The van der Waals surface area contributed by atoms with Crippen LogP contribution in [0.4, 0.5) is 15.4 Å². The molecule has 2 amide bonds. The summed E-state index contributed by atoms with van der Waals surface area (Å²) in [6.45, 7) is 5.71. The molecular formula is C28H45N7O7S. The molecule has 3 rings (SSSR count). The van der Waals surface area contributed by atoms with E-state index in [1.54, 1.807) is 33.0 Å². The monoisotopic (exact) mass is 623 g/mol. The number of unbranched alkanes of at least 4 members (excludes halogenated alkanes) is 1. The number of nitrogens with zero attached hydrogens (tertiary/aromatic N) is 4. The zero-order valence-electron chi connectivity index (χ0n) is 25.9. The van der Waals surface area contributed by atoms with Crippen molar-refractivity contribution in [1.29, 1.82) is 0 Å². The Bertz CT molecular complexity index is 1370. The van der Waals surface area contributed by atoms with Gasteiger partial charge in [0, 0.05) is 25.8 Å². The Labute approximate surface area is 253 Å². The lowest BCUT2D eigenvalue weighted by Gasteiger charge is -2.35. The van der Waals surface area contributed by atoms with Crippen LogP contribution in [0.5, 0.6) is 0 Å². The van der Waals surface area contributed by atoms with Gasteiger partial charge in [0.25, 0.3) is 0 Å². The minimum atomic E-state index is -3.25. The van der Waals surface area contributed by atoms with Crippen LogP contribution in [0, 0.1) is 5.92 Å². The topological polar surface area (TPSA) is 174 Å². The number of carbonyl (C=O) groups is 3. The predicted octanol–water partition coefficient (Wildman–Crippen LogP) is 2.77. The zero-order chi connectivity index (χ0) is 31.8. The van der Waals surface area contributed by atoms with E-state index in [2.05, 4.69) is 30.2 Å². The maximum Gasteiger partial charge on any atom is 0.407 e. The van der Waals surface area contributed by atoms with Gasteiger partial charge in [0.2, 0.25) is 10.0 Å². The molecular weight excluding hydrogens is 578 g/mol. The Balaban J connectivity index is 1.61. The zero-order valence-corrected chi connectivity index (χ0v) is 26.7. The van der Waals surface area contributed by atoms with E-state index < -0.39 is 39.8 Å². The van der Waals surface area contributed by atoms with Crippen LogP contribution in [-0.2, 0) is 24.3 Å². The van der Waals surface area contributed by atoms with Crippen molar-refractivity contribution in [2.75, 3.05) is 38.4 Å². The minimum absolute atomic E-state index is 0.112. The molecule has 2 aromatic rings. The molecule has 1 saturated carbocycles. The van der Waals surface area contributed by atoms with Crippen molar-refractivity contribution in [2.24, 2.45) is 5.92 Å². The molecule has 2 heterocycles. The van der Waals surface area contributed by atoms with Crippen LogP contribution in [0.2, 0.25) is 0 Å². The fourth-order valence-corrected chi connectivity index (χ4v) is 6.36. The summed E-state index contributed by atoms with van der Waals surface area (Å²) in [6, 6.07) is 0.511. The number of nitrogens with one attached hydrogen (secondary N) is 3. The highest BCUT2D eigenvalue weighted by Gasteiger charge is 2.29. The van der Waals surface area contributed by atoms with Crippen molar-refractivity contribution in [3.05, 3.63) is 18.6 Å². The van der Waals surface area contributed by atoms with Crippen LogP contribution in [0.15, 0.2) is 18.6 Å². The van der Waals surface area contributed by atoms with Gasteiger partial charge in [0.1, 0.15) is 23.8 Å². The van der Waals surface area contributed by atoms with Crippen molar-refractivity contribution in [2.45, 2.75) is 83.4 Å². The number of alkyl carbamates (subject to hydrolysis) is 1. The van der Waals surface area contributed by atoms with Crippen LogP contribution in [0.1, 0.15) is 65.7 Å². The third-order valence-electron chi connectivity index (χ3n) is 7.51. The van der Waals surface area contributed by atoms with Gasteiger partial charge in [0.05, 0.1) is 18.2 Å². The van der Waals surface area contributed by atoms with Crippen molar-refractivity contribution in [1.82, 2.24) is 29.9 Å². The van der Waals surface area contributed by atoms with E-state index in [0.29, 0.717) is 42.7 Å². The summed E-state index contributed by atoms with van der Waals surface area (Å²) >= 11 is 0. The van der Waals surface area contributed by atoms with E-state index in [-0.39, 0.29) is 17.7 Å². The number of ether oxygens (including phenoxy) is 2. The van der Waals surface area contributed by atoms with E-state index in [9.17, 15) is 22.8 Å². The molecule has 0 radical (unpaired) electrons. The number of esters is 1. The van der Waals surface area contributed by atoms with E-state index in [1.807, 2.05) is 7.05 Å². The lowest BCUT2D eigenvalue weighted by molar-refractivity contribution is -0.143. The number of sulfonamides is 1. The second kappa shape index (κ2) is 14.8. The molecule has 1 fully saturated rings. The molecule has 2 aromatic heterocycles. The summed E-state index contributed by atoms with van der Waals surface area (Å²) in [5, 5.41) is 6.10. The molecule has 0 spiro atoms. The van der Waals surface area contributed by atoms with Gasteiger partial charge >= 0.3 is 18.1 Å². The van der Waals surface area contributed by atoms with Crippen LogP contribution >= 0.6 is 0 Å². The lowest BCUT2D eigenvalue weighted by Crippen LogP contribution is -2.43. The Morgan fingerprint density at radius 1 is 1.14 bits per heavy atom. The van der Waals surface area contributed by atoms with Gasteiger partial charge < -0.3 is 25.0 Å². The number of hydrogen-bond acceptors (Lipinski definition) is 10. The first kappa shape index (κ1) is 34.0. The molecule has 0 unspecified atom stereocenters. The summed E-state index contributed by atoms with van der Waals surface area (Å²) < 4.78 is 37.8. The highest BCUT2D eigenvalue weighted by Crippen LogP contribution is 2.32. The van der Waals surface area contributed by atoms with Crippen molar-refractivity contribution in [3.8, 4) is 0 Å². The number of fused-ring (bicyclic) bond motifs is 1. The SMILES string of the molecule is CNS(=O)(=O)CC1CCC(N(C)c2ncnc3c2ccn3C(=O)N[C@@H](CCCCNC(=O)OC(C)(C)C)C(=O)OC)CC1. The number of carbonyl (C=O) groups excluding carboxylic acids is 3. The van der Waals surface area contributed by atoms with E-state index >= 15 is 0 Å². The normalized spacial score (nSPS) is 18.1. The molecule has 1 atom stereocenters. The molecule has 0 saturated heterocycles. The highest BCUT2D eigenvalue weighted by atomic mass is 32.2. The first-order valence-electron chi connectivity index (χ1n) is 14.6. The summed E-state index contributed by atoms with van der Waals surface area (Å²) in [5.74, 6) is 0.342. The maximum absolute atomic E-state index is 13.3. The average Bonchev–Trinajstić information content (AvgIpc) is 3.39. The molecule has 43 heavy (non-hydrogen) atoms. The van der Waals surface area contributed by atoms with Gasteiger partial charge in [-0.25, -0.2) is 37.5 Å². The molecule has 14 nitrogen and oxygen atoms in total. The molecule has 1 aliphatic carbocycles. The minimum Gasteiger partial charge on any atom is -0.467 e. The molecule has 0 aliphatic heterocycles. The summed E-state index contributed by atoms with van der Waals surface area (Å²) in [6.07, 6.45) is 7.14. The molecule has 0 aromatic carbocycles. The highest BCUT2D eigenvalue weighted by molar-refractivity contribution is 7.89. The number of anilines is 1. The van der Waals surface area contributed by atoms with E-state index in [0.717, 1.165) is 25.7 Å². The molecule has 240 valence electrons. The first-order valence-corrected chi connectivity index (χ1v) is 16.2. The fraction of sp³-hybridized carbons (Fsp3) is 0.679.